The second-order valence-corrected chi connectivity index (χ2v) is 4.77. The lowest BCUT2D eigenvalue weighted by Crippen LogP contribution is -2.20. The van der Waals surface area contributed by atoms with Gasteiger partial charge in [0.2, 0.25) is 11.8 Å². The molecule has 0 bridgehead atoms. The average Bonchev–Trinajstić information content (AvgIpc) is 2.90. The summed E-state index contributed by atoms with van der Waals surface area (Å²) in [6.45, 7) is 0.527. The highest BCUT2D eigenvalue weighted by molar-refractivity contribution is 7.09. The van der Waals surface area contributed by atoms with Gasteiger partial charge >= 0.3 is 5.69 Å². The van der Waals surface area contributed by atoms with Crippen LogP contribution in [0.1, 0.15) is 4.88 Å². The van der Waals surface area contributed by atoms with E-state index in [2.05, 4.69) is 15.4 Å². The standard InChI is InChI=1S/C10H12N6O2S/c1-15(6-7-3-2-4-19-7)9-8(16(17)18)5-12-10(13-9)14-11/h2-5H,6,11H2,1H3,(H,12,13,14). The maximum atomic E-state index is 11.0. The zero-order valence-corrected chi connectivity index (χ0v) is 10.9. The number of hydrazine groups is 1. The van der Waals surface area contributed by atoms with Crippen LogP contribution in [-0.4, -0.2) is 21.9 Å². The number of nitrogens with one attached hydrogen (secondary N) is 1. The first-order valence-electron chi connectivity index (χ1n) is 5.33. The third kappa shape index (κ3) is 2.95. The molecule has 0 saturated carbocycles. The van der Waals surface area contributed by atoms with Crippen LogP contribution in [0.3, 0.4) is 0 Å². The van der Waals surface area contributed by atoms with Gasteiger partial charge < -0.3 is 4.90 Å². The van der Waals surface area contributed by atoms with Crippen LogP contribution in [0, 0.1) is 10.1 Å². The third-order valence-electron chi connectivity index (χ3n) is 2.41. The Hall–Kier alpha value is -2.26. The van der Waals surface area contributed by atoms with Gasteiger partial charge in [-0.25, -0.2) is 10.8 Å². The van der Waals surface area contributed by atoms with Gasteiger partial charge in [-0.3, -0.25) is 15.5 Å². The van der Waals surface area contributed by atoms with Crippen molar-refractivity contribution in [2.75, 3.05) is 17.4 Å². The number of anilines is 2. The zero-order chi connectivity index (χ0) is 13.8. The summed E-state index contributed by atoms with van der Waals surface area (Å²) in [5, 5.41) is 12.9. The molecule has 2 heterocycles. The van der Waals surface area contributed by atoms with Crippen LogP contribution in [0.25, 0.3) is 0 Å². The summed E-state index contributed by atoms with van der Waals surface area (Å²) in [4.78, 5) is 21.0. The molecule has 0 unspecified atom stereocenters. The summed E-state index contributed by atoms with van der Waals surface area (Å²) in [7, 11) is 1.73. The molecule has 0 amide bonds. The number of nitrogens with zero attached hydrogens (tertiary/aromatic N) is 4. The van der Waals surface area contributed by atoms with Gasteiger partial charge in [0, 0.05) is 11.9 Å². The average molecular weight is 280 g/mol. The summed E-state index contributed by atoms with van der Waals surface area (Å²) in [6.07, 6.45) is 1.14. The van der Waals surface area contributed by atoms with E-state index in [-0.39, 0.29) is 17.5 Å². The Morgan fingerprint density at radius 1 is 1.63 bits per heavy atom. The van der Waals surface area contributed by atoms with Crippen LogP contribution in [-0.2, 0) is 6.54 Å². The second-order valence-electron chi connectivity index (χ2n) is 3.74. The lowest BCUT2D eigenvalue weighted by Gasteiger charge is -2.17. The molecule has 100 valence electrons. The quantitative estimate of drug-likeness (QED) is 0.483. The molecule has 3 N–H and O–H groups in total. The van der Waals surface area contributed by atoms with E-state index < -0.39 is 4.92 Å². The molecule has 2 rings (SSSR count). The molecule has 2 aromatic heterocycles. The Kier molecular flexibility index (Phi) is 3.88. The number of nitrogen functional groups attached to an aromatic ring is 1. The Morgan fingerprint density at radius 2 is 2.42 bits per heavy atom. The van der Waals surface area contributed by atoms with Crippen molar-refractivity contribution in [2.24, 2.45) is 5.84 Å². The van der Waals surface area contributed by atoms with Gasteiger partial charge in [-0.1, -0.05) is 6.07 Å². The first-order valence-corrected chi connectivity index (χ1v) is 6.21. The van der Waals surface area contributed by atoms with E-state index in [1.54, 1.807) is 23.3 Å². The normalized spacial score (nSPS) is 10.2. The molecule has 19 heavy (non-hydrogen) atoms. The summed E-state index contributed by atoms with van der Waals surface area (Å²) < 4.78 is 0. The fourth-order valence-electron chi connectivity index (χ4n) is 1.56. The molecule has 0 aliphatic heterocycles. The van der Waals surface area contributed by atoms with Crippen LogP contribution in [0.4, 0.5) is 17.5 Å². The van der Waals surface area contributed by atoms with Crippen molar-refractivity contribution in [1.29, 1.82) is 0 Å². The van der Waals surface area contributed by atoms with E-state index in [9.17, 15) is 10.1 Å². The van der Waals surface area contributed by atoms with E-state index in [0.717, 1.165) is 11.1 Å². The van der Waals surface area contributed by atoms with Gasteiger partial charge in [-0.15, -0.1) is 11.3 Å². The predicted molar refractivity (Wildman–Crippen MR) is 72.9 cm³/mol. The van der Waals surface area contributed by atoms with Gasteiger partial charge in [0.05, 0.1) is 11.5 Å². The van der Waals surface area contributed by atoms with Crippen LogP contribution in [0.2, 0.25) is 0 Å². The van der Waals surface area contributed by atoms with Gasteiger partial charge in [0.15, 0.2) is 0 Å². The van der Waals surface area contributed by atoms with Crippen LogP contribution >= 0.6 is 11.3 Å². The minimum Gasteiger partial charge on any atom is -0.349 e. The molecule has 0 fully saturated rings. The van der Waals surface area contributed by atoms with Gasteiger partial charge in [0.1, 0.15) is 6.20 Å². The third-order valence-corrected chi connectivity index (χ3v) is 3.27. The molecular formula is C10H12N6O2S. The number of nitro groups is 1. The SMILES string of the molecule is CN(Cc1cccs1)c1nc(NN)ncc1[N+](=O)[O-]. The summed E-state index contributed by atoms with van der Waals surface area (Å²) in [6, 6.07) is 3.88. The molecule has 8 nitrogen and oxygen atoms in total. The highest BCUT2D eigenvalue weighted by Gasteiger charge is 2.20. The Bertz CT molecular complexity index is 573. The first kappa shape index (κ1) is 13.2. The van der Waals surface area contributed by atoms with Crippen LogP contribution in [0.15, 0.2) is 23.7 Å². The molecule has 0 radical (unpaired) electrons. The Labute approximate surface area is 113 Å². The highest BCUT2D eigenvalue weighted by Crippen LogP contribution is 2.26. The Morgan fingerprint density at radius 3 is 3.00 bits per heavy atom. The largest absolute Gasteiger partial charge is 0.349 e. The maximum Gasteiger partial charge on any atom is 0.329 e. The van der Waals surface area contributed by atoms with Crippen molar-refractivity contribution in [3.05, 3.63) is 38.7 Å². The second kappa shape index (κ2) is 5.59. The number of nitrogens with two attached hydrogens (primary N) is 1. The van der Waals surface area contributed by atoms with E-state index in [1.807, 2.05) is 17.5 Å². The number of hydrogen-bond donors (Lipinski definition) is 2. The van der Waals surface area contributed by atoms with Crippen molar-refractivity contribution in [2.45, 2.75) is 6.54 Å². The molecule has 2 aromatic rings. The molecule has 0 atom stereocenters. The van der Waals surface area contributed by atoms with E-state index in [0.29, 0.717) is 6.54 Å². The van der Waals surface area contributed by atoms with Crippen molar-refractivity contribution in [3.63, 3.8) is 0 Å². The van der Waals surface area contributed by atoms with Gasteiger partial charge in [0.25, 0.3) is 0 Å². The minimum atomic E-state index is -0.513. The smallest absolute Gasteiger partial charge is 0.329 e. The fourth-order valence-corrected chi connectivity index (χ4v) is 2.31. The molecular weight excluding hydrogens is 268 g/mol. The molecule has 9 heteroatoms. The lowest BCUT2D eigenvalue weighted by molar-refractivity contribution is -0.384. The zero-order valence-electron chi connectivity index (χ0n) is 10.1. The maximum absolute atomic E-state index is 11.0. The van der Waals surface area contributed by atoms with Crippen molar-refractivity contribution in [3.8, 4) is 0 Å². The minimum absolute atomic E-state index is 0.138. The summed E-state index contributed by atoms with van der Waals surface area (Å²) >= 11 is 1.57. The topological polar surface area (TPSA) is 110 Å². The molecule has 0 aromatic carbocycles. The Balaban J connectivity index is 2.32. The number of thiophene rings is 1. The molecule has 0 saturated heterocycles. The highest BCUT2D eigenvalue weighted by atomic mass is 32.1. The van der Waals surface area contributed by atoms with Crippen molar-refractivity contribution in [1.82, 2.24) is 9.97 Å². The molecule has 0 aliphatic carbocycles. The summed E-state index contributed by atoms with van der Waals surface area (Å²) in [5.74, 6) is 5.58. The number of aromatic nitrogens is 2. The molecule has 0 spiro atoms. The predicted octanol–water partition coefficient (Wildman–Crippen LogP) is 1.37. The molecule has 0 aliphatic rings. The monoisotopic (exact) mass is 280 g/mol. The number of hydrogen-bond acceptors (Lipinski definition) is 8. The fraction of sp³-hybridized carbons (Fsp3) is 0.200. The van der Waals surface area contributed by atoms with Crippen molar-refractivity contribution < 1.29 is 4.92 Å². The lowest BCUT2D eigenvalue weighted by atomic mass is 10.4. The number of rotatable bonds is 5. The van der Waals surface area contributed by atoms with Gasteiger partial charge in [-0.2, -0.15) is 4.98 Å². The van der Waals surface area contributed by atoms with Crippen LogP contribution in [0.5, 0.6) is 0 Å². The van der Waals surface area contributed by atoms with E-state index in [4.69, 9.17) is 5.84 Å². The van der Waals surface area contributed by atoms with E-state index in [1.165, 1.54) is 0 Å². The summed E-state index contributed by atoms with van der Waals surface area (Å²) in [5.41, 5.74) is 2.12. The van der Waals surface area contributed by atoms with E-state index >= 15 is 0 Å². The van der Waals surface area contributed by atoms with Crippen molar-refractivity contribution >= 4 is 28.8 Å². The van der Waals surface area contributed by atoms with Gasteiger partial charge in [-0.05, 0) is 11.4 Å². The first-order chi connectivity index (χ1) is 9.11. The van der Waals surface area contributed by atoms with Crippen LogP contribution < -0.4 is 16.2 Å².